The molecule has 1 atom stereocenters. The monoisotopic (exact) mass is 449 g/mol. The number of benzene rings is 1. The third-order valence-electron chi connectivity index (χ3n) is 5.08. The highest BCUT2D eigenvalue weighted by atomic mass is 32.2. The molecule has 1 saturated heterocycles. The number of esters is 2. The van der Waals surface area contributed by atoms with Crippen molar-refractivity contribution in [1.29, 1.82) is 0 Å². The molecule has 0 aliphatic carbocycles. The number of rotatable bonds is 7. The Morgan fingerprint density at radius 2 is 1.84 bits per heavy atom. The summed E-state index contributed by atoms with van der Waals surface area (Å²) in [7, 11) is -2.77. The van der Waals surface area contributed by atoms with E-state index in [0.717, 1.165) is 4.31 Å². The quantitative estimate of drug-likeness (QED) is 0.467. The fourth-order valence-corrected chi connectivity index (χ4v) is 5.04. The van der Waals surface area contributed by atoms with Gasteiger partial charge in [0.1, 0.15) is 12.6 Å². The van der Waals surface area contributed by atoms with Gasteiger partial charge in [-0.15, -0.1) is 0 Å². The molecule has 1 aromatic heterocycles. The fraction of sp³-hybridized carbons (Fsp3) is 0.381. The number of furan rings is 1. The van der Waals surface area contributed by atoms with Crippen molar-refractivity contribution < 1.29 is 36.7 Å². The summed E-state index contributed by atoms with van der Waals surface area (Å²) >= 11 is 0. The van der Waals surface area contributed by atoms with E-state index in [2.05, 4.69) is 4.74 Å². The van der Waals surface area contributed by atoms with E-state index in [-0.39, 0.29) is 29.6 Å². The van der Waals surface area contributed by atoms with Gasteiger partial charge < -0.3 is 13.9 Å². The van der Waals surface area contributed by atoms with Crippen LogP contribution in [0.2, 0.25) is 0 Å². The Balaban J connectivity index is 1.76. The molecular formula is C21H23NO8S. The van der Waals surface area contributed by atoms with Crippen LogP contribution in [0.4, 0.5) is 0 Å². The van der Waals surface area contributed by atoms with Crippen LogP contribution in [0.1, 0.15) is 52.7 Å². The number of hydrogen-bond acceptors (Lipinski definition) is 8. The van der Waals surface area contributed by atoms with E-state index in [1.165, 1.54) is 50.6 Å². The maximum Gasteiger partial charge on any atom is 0.374 e. The van der Waals surface area contributed by atoms with Crippen LogP contribution in [0.15, 0.2) is 45.9 Å². The van der Waals surface area contributed by atoms with Crippen molar-refractivity contribution in [3.05, 3.63) is 53.5 Å². The van der Waals surface area contributed by atoms with E-state index in [1.807, 2.05) is 0 Å². The SMILES string of the molecule is COC(=O)c1occc1COC(=O)C1CCCCN1S(=O)(=O)c1ccc(C(C)=O)cc1. The number of ether oxygens (including phenoxy) is 2. The Labute approximate surface area is 180 Å². The fourth-order valence-electron chi connectivity index (χ4n) is 3.39. The summed E-state index contributed by atoms with van der Waals surface area (Å²) in [5, 5.41) is 0. The van der Waals surface area contributed by atoms with Crippen molar-refractivity contribution in [2.75, 3.05) is 13.7 Å². The average Bonchev–Trinajstić information content (AvgIpc) is 3.25. The molecule has 0 N–H and O–H groups in total. The number of hydrogen-bond donors (Lipinski definition) is 0. The summed E-state index contributed by atoms with van der Waals surface area (Å²) in [6.45, 7) is 1.32. The van der Waals surface area contributed by atoms with Crippen molar-refractivity contribution in [3.63, 3.8) is 0 Å². The van der Waals surface area contributed by atoms with Crippen LogP contribution in [0.5, 0.6) is 0 Å². The van der Waals surface area contributed by atoms with Crippen LogP contribution in [0, 0.1) is 0 Å². The zero-order valence-electron chi connectivity index (χ0n) is 17.2. The van der Waals surface area contributed by atoms with Gasteiger partial charge in [0.25, 0.3) is 0 Å². The summed E-state index contributed by atoms with van der Waals surface area (Å²) in [5.41, 5.74) is 0.723. The van der Waals surface area contributed by atoms with Crippen LogP contribution >= 0.6 is 0 Å². The third-order valence-corrected chi connectivity index (χ3v) is 7.00. The number of nitrogens with zero attached hydrogens (tertiary/aromatic N) is 1. The Morgan fingerprint density at radius 1 is 1.13 bits per heavy atom. The van der Waals surface area contributed by atoms with E-state index in [0.29, 0.717) is 30.4 Å². The molecule has 1 fully saturated rings. The Morgan fingerprint density at radius 3 is 2.48 bits per heavy atom. The van der Waals surface area contributed by atoms with Gasteiger partial charge in [0.15, 0.2) is 5.78 Å². The maximum atomic E-state index is 13.2. The second-order valence-corrected chi connectivity index (χ2v) is 8.97. The number of methoxy groups -OCH3 is 1. The van der Waals surface area contributed by atoms with Crippen molar-refractivity contribution in [3.8, 4) is 0 Å². The summed E-state index contributed by atoms with van der Waals surface area (Å²) in [6, 6.07) is 6.10. The van der Waals surface area contributed by atoms with E-state index in [1.54, 1.807) is 0 Å². The Hall–Kier alpha value is -2.98. The second kappa shape index (κ2) is 9.44. The standard InChI is InChI=1S/C21H23NO8S/c1-14(23)15-6-8-17(9-7-15)31(26,27)22-11-4-3-5-18(22)20(24)30-13-16-10-12-29-19(16)21(25)28-2/h6-10,12,18H,3-5,11,13H2,1-2H3. The normalized spacial score (nSPS) is 17.2. The number of sulfonamides is 1. The minimum absolute atomic E-state index is 0.0000112. The van der Waals surface area contributed by atoms with E-state index in [9.17, 15) is 22.8 Å². The summed E-state index contributed by atoms with van der Waals surface area (Å²) < 4.78 is 42.4. The highest BCUT2D eigenvalue weighted by molar-refractivity contribution is 7.89. The Bertz CT molecular complexity index is 1070. The van der Waals surface area contributed by atoms with Gasteiger partial charge in [0.2, 0.25) is 15.8 Å². The number of piperidine rings is 1. The van der Waals surface area contributed by atoms with Gasteiger partial charge in [-0.2, -0.15) is 4.31 Å². The van der Waals surface area contributed by atoms with Crippen LogP contribution in [0.25, 0.3) is 0 Å². The Kier molecular flexibility index (Phi) is 6.91. The van der Waals surface area contributed by atoms with Gasteiger partial charge in [0.05, 0.1) is 18.3 Å². The van der Waals surface area contributed by atoms with E-state index >= 15 is 0 Å². The van der Waals surface area contributed by atoms with Gasteiger partial charge >= 0.3 is 11.9 Å². The van der Waals surface area contributed by atoms with Crippen LogP contribution < -0.4 is 0 Å². The van der Waals surface area contributed by atoms with Gasteiger partial charge in [0, 0.05) is 17.7 Å². The molecule has 31 heavy (non-hydrogen) atoms. The zero-order valence-corrected chi connectivity index (χ0v) is 18.0. The first kappa shape index (κ1) is 22.7. The molecule has 2 heterocycles. The first-order valence-corrected chi connectivity index (χ1v) is 11.1. The lowest BCUT2D eigenvalue weighted by Crippen LogP contribution is -2.48. The molecule has 0 spiro atoms. The molecule has 1 aliphatic heterocycles. The molecule has 166 valence electrons. The molecule has 2 aromatic rings. The van der Waals surface area contributed by atoms with Gasteiger partial charge in [-0.3, -0.25) is 9.59 Å². The minimum Gasteiger partial charge on any atom is -0.463 e. The van der Waals surface area contributed by atoms with Crippen LogP contribution in [-0.4, -0.2) is 50.1 Å². The van der Waals surface area contributed by atoms with Gasteiger partial charge in [-0.1, -0.05) is 12.1 Å². The number of Topliss-reactive ketones (excluding diaryl/α,β-unsaturated/α-hetero) is 1. The van der Waals surface area contributed by atoms with Crippen molar-refractivity contribution in [2.24, 2.45) is 0 Å². The van der Waals surface area contributed by atoms with Crippen LogP contribution in [-0.2, 0) is 30.9 Å². The molecule has 0 saturated carbocycles. The topological polar surface area (TPSA) is 120 Å². The number of carbonyl (C=O) groups excluding carboxylic acids is 3. The highest BCUT2D eigenvalue weighted by Gasteiger charge is 2.38. The summed E-state index contributed by atoms with van der Waals surface area (Å²) in [6.07, 6.45) is 2.88. The minimum atomic E-state index is -3.97. The van der Waals surface area contributed by atoms with Crippen molar-refractivity contribution in [2.45, 2.75) is 43.7 Å². The molecule has 1 unspecified atom stereocenters. The smallest absolute Gasteiger partial charge is 0.374 e. The van der Waals surface area contributed by atoms with Gasteiger partial charge in [-0.25, -0.2) is 13.2 Å². The third kappa shape index (κ3) is 4.86. The lowest BCUT2D eigenvalue weighted by molar-refractivity contribution is -0.150. The highest BCUT2D eigenvalue weighted by Crippen LogP contribution is 2.27. The van der Waals surface area contributed by atoms with E-state index < -0.39 is 28.0 Å². The average molecular weight is 449 g/mol. The summed E-state index contributed by atoms with van der Waals surface area (Å²) in [4.78, 5) is 35.9. The zero-order chi connectivity index (χ0) is 22.6. The first-order chi connectivity index (χ1) is 14.8. The first-order valence-electron chi connectivity index (χ1n) is 9.70. The van der Waals surface area contributed by atoms with E-state index in [4.69, 9.17) is 9.15 Å². The molecule has 10 heteroatoms. The molecular weight excluding hydrogens is 426 g/mol. The summed E-state index contributed by atoms with van der Waals surface area (Å²) in [5.74, 6) is -1.66. The predicted octanol–water partition coefficient (Wildman–Crippen LogP) is 2.56. The molecule has 0 amide bonds. The lowest BCUT2D eigenvalue weighted by Gasteiger charge is -2.33. The molecule has 1 aromatic carbocycles. The largest absolute Gasteiger partial charge is 0.463 e. The lowest BCUT2D eigenvalue weighted by atomic mass is 10.1. The molecule has 1 aliphatic rings. The van der Waals surface area contributed by atoms with Gasteiger partial charge in [-0.05, 0) is 44.4 Å². The molecule has 0 radical (unpaired) electrons. The maximum absolute atomic E-state index is 13.2. The second-order valence-electron chi connectivity index (χ2n) is 7.08. The predicted molar refractivity (Wildman–Crippen MR) is 108 cm³/mol. The molecule has 9 nitrogen and oxygen atoms in total. The van der Waals surface area contributed by atoms with Crippen LogP contribution in [0.3, 0.4) is 0 Å². The van der Waals surface area contributed by atoms with Crippen molar-refractivity contribution in [1.82, 2.24) is 4.31 Å². The molecule has 3 rings (SSSR count). The van der Waals surface area contributed by atoms with Crippen molar-refractivity contribution >= 4 is 27.7 Å². The number of ketones is 1. The molecule has 0 bridgehead atoms. The number of carbonyl (C=O) groups is 3.